The van der Waals surface area contributed by atoms with Crippen LogP contribution in [0.5, 0.6) is 5.75 Å². The van der Waals surface area contributed by atoms with Crippen LogP contribution in [0.25, 0.3) is 0 Å². The molecule has 0 bridgehead atoms. The molecule has 2 aliphatic rings. The molecule has 6 nitrogen and oxygen atoms in total. The first-order valence-electron chi connectivity index (χ1n) is 10.5. The Morgan fingerprint density at radius 2 is 1.90 bits per heavy atom. The number of fused-ring (bicyclic) bond motifs is 1. The summed E-state index contributed by atoms with van der Waals surface area (Å²) in [5.74, 6) is -0.235. The van der Waals surface area contributed by atoms with E-state index in [-0.39, 0.29) is 11.7 Å². The zero-order valence-electron chi connectivity index (χ0n) is 17.2. The number of nitrogens with one attached hydrogen (secondary N) is 1. The van der Waals surface area contributed by atoms with E-state index in [1.54, 1.807) is 12.1 Å². The Morgan fingerprint density at radius 3 is 2.65 bits per heavy atom. The second kappa shape index (κ2) is 9.98. The Bertz CT molecular complexity index is 903. The maximum atomic E-state index is 12.3. The molecule has 8 heteroatoms. The van der Waals surface area contributed by atoms with Crippen LogP contribution in [0.3, 0.4) is 0 Å². The quantitative estimate of drug-likeness (QED) is 0.543. The molecule has 0 saturated carbocycles. The highest BCUT2D eigenvalue weighted by Gasteiger charge is 2.30. The van der Waals surface area contributed by atoms with Crippen LogP contribution < -0.4 is 10.2 Å². The van der Waals surface area contributed by atoms with E-state index in [1.807, 2.05) is 24.3 Å². The predicted octanol–water partition coefficient (Wildman–Crippen LogP) is 3.33. The third-order valence-corrected chi connectivity index (χ3v) is 5.78. The van der Waals surface area contributed by atoms with Crippen molar-refractivity contribution in [3.8, 4) is 5.75 Å². The number of carbonyl (C=O) groups is 1. The van der Waals surface area contributed by atoms with Crippen molar-refractivity contribution in [3.63, 3.8) is 0 Å². The minimum Gasteiger partial charge on any atom is -0.435 e. The minimum absolute atomic E-state index is 0.0707. The van der Waals surface area contributed by atoms with Gasteiger partial charge in [0.25, 0.3) is 5.91 Å². The summed E-state index contributed by atoms with van der Waals surface area (Å²) in [5, 5.41) is 3.93. The number of carbonyl (C=O) groups excluding carboxylic acids is 1. The molecule has 2 aromatic carbocycles. The second-order valence-corrected chi connectivity index (χ2v) is 7.91. The van der Waals surface area contributed by atoms with Crippen molar-refractivity contribution in [2.45, 2.75) is 32.0 Å². The first-order chi connectivity index (χ1) is 15.1. The van der Waals surface area contributed by atoms with Crippen molar-refractivity contribution in [1.82, 2.24) is 15.2 Å². The Morgan fingerprint density at radius 1 is 1.13 bits per heavy atom. The van der Waals surface area contributed by atoms with Crippen LogP contribution >= 0.6 is 0 Å². The molecule has 0 spiro atoms. The SMILES string of the molecule is O=C(N/N=C/c1ccc(OC(F)F)cc1)c1ccc(CN2CCN3CCC[C@@H]3C2)cc1. The zero-order valence-corrected chi connectivity index (χ0v) is 17.2. The smallest absolute Gasteiger partial charge is 0.387 e. The first kappa shape index (κ1) is 21.4. The number of alkyl halides is 2. The standard InChI is InChI=1S/C23H26F2N4O2/c24-23(25)31-21-9-5-17(6-10-21)14-26-27-22(30)19-7-3-18(4-8-19)15-28-12-13-29-11-1-2-20(29)16-28/h3-10,14,20,23H,1-2,11-13,15-16H2,(H,27,30)/b26-14+/t20-/m1/s1. The monoisotopic (exact) mass is 428 g/mol. The van der Waals surface area contributed by atoms with Gasteiger partial charge in [0.1, 0.15) is 5.75 Å². The van der Waals surface area contributed by atoms with Crippen molar-refractivity contribution < 1.29 is 18.3 Å². The zero-order chi connectivity index (χ0) is 21.6. The lowest BCUT2D eigenvalue weighted by Gasteiger charge is -2.37. The summed E-state index contributed by atoms with van der Waals surface area (Å²) in [5.41, 5.74) is 4.86. The van der Waals surface area contributed by atoms with Gasteiger partial charge in [-0.05, 0) is 66.9 Å². The summed E-state index contributed by atoms with van der Waals surface area (Å²) >= 11 is 0. The number of ether oxygens (including phenoxy) is 1. The Balaban J connectivity index is 1.25. The van der Waals surface area contributed by atoms with Gasteiger partial charge in [0.15, 0.2) is 0 Å². The van der Waals surface area contributed by atoms with Gasteiger partial charge in [-0.1, -0.05) is 12.1 Å². The van der Waals surface area contributed by atoms with Crippen LogP contribution in [0.4, 0.5) is 8.78 Å². The number of nitrogens with zero attached hydrogens (tertiary/aromatic N) is 3. The van der Waals surface area contributed by atoms with Gasteiger partial charge in [-0.15, -0.1) is 0 Å². The summed E-state index contributed by atoms with van der Waals surface area (Å²) in [6.45, 7) is 2.63. The number of hydrazone groups is 1. The summed E-state index contributed by atoms with van der Waals surface area (Å²) in [6.07, 6.45) is 4.05. The molecule has 2 aliphatic heterocycles. The maximum Gasteiger partial charge on any atom is 0.387 e. The third-order valence-electron chi connectivity index (χ3n) is 5.78. The molecule has 2 saturated heterocycles. The fourth-order valence-electron chi connectivity index (χ4n) is 4.18. The van der Waals surface area contributed by atoms with E-state index in [4.69, 9.17) is 0 Å². The van der Waals surface area contributed by atoms with Crippen LogP contribution in [0.1, 0.15) is 34.3 Å². The fourth-order valence-corrected chi connectivity index (χ4v) is 4.18. The summed E-state index contributed by atoms with van der Waals surface area (Å²) < 4.78 is 28.6. The van der Waals surface area contributed by atoms with Crippen molar-refractivity contribution in [2.75, 3.05) is 26.2 Å². The van der Waals surface area contributed by atoms with Crippen LogP contribution in [0.2, 0.25) is 0 Å². The van der Waals surface area contributed by atoms with Crippen LogP contribution in [-0.2, 0) is 6.54 Å². The number of rotatable bonds is 7. The normalized spacial score (nSPS) is 19.6. The Hall–Kier alpha value is -2.84. The lowest BCUT2D eigenvalue weighted by Crippen LogP contribution is -2.49. The van der Waals surface area contributed by atoms with Crippen molar-refractivity contribution in [1.29, 1.82) is 0 Å². The van der Waals surface area contributed by atoms with Crippen LogP contribution in [0.15, 0.2) is 53.6 Å². The van der Waals surface area contributed by atoms with E-state index in [0.717, 1.165) is 26.2 Å². The lowest BCUT2D eigenvalue weighted by molar-refractivity contribution is -0.0498. The van der Waals surface area contributed by atoms with Crippen LogP contribution in [0, 0.1) is 0 Å². The van der Waals surface area contributed by atoms with Crippen molar-refractivity contribution in [3.05, 3.63) is 65.2 Å². The highest BCUT2D eigenvalue weighted by molar-refractivity contribution is 5.94. The van der Waals surface area contributed by atoms with Gasteiger partial charge in [-0.3, -0.25) is 14.6 Å². The molecular weight excluding hydrogens is 402 g/mol. The number of benzene rings is 2. The molecule has 1 amide bonds. The number of amides is 1. The third kappa shape index (κ3) is 5.86. The van der Waals surface area contributed by atoms with E-state index in [1.165, 1.54) is 43.3 Å². The molecule has 31 heavy (non-hydrogen) atoms. The van der Waals surface area contributed by atoms with Crippen molar-refractivity contribution >= 4 is 12.1 Å². The van der Waals surface area contributed by atoms with E-state index in [2.05, 4.69) is 25.1 Å². The molecule has 0 radical (unpaired) electrons. The van der Waals surface area contributed by atoms with Gasteiger partial charge >= 0.3 is 6.61 Å². The molecule has 2 aromatic rings. The predicted molar refractivity (Wildman–Crippen MR) is 114 cm³/mol. The molecule has 164 valence electrons. The highest BCUT2D eigenvalue weighted by atomic mass is 19.3. The van der Waals surface area contributed by atoms with Crippen molar-refractivity contribution in [2.24, 2.45) is 5.10 Å². The second-order valence-electron chi connectivity index (χ2n) is 7.91. The van der Waals surface area contributed by atoms with Gasteiger partial charge in [-0.2, -0.15) is 13.9 Å². The molecular formula is C23H26F2N4O2. The molecule has 0 aliphatic carbocycles. The summed E-state index contributed by atoms with van der Waals surface area (Å²) in [4.78, 5) is 17.4. The van der Waals surface area contributed by atoms with Gasteiger partial charge < -0.3 is 4.74 Å². The molecule has 2 heterocycles. The fraction of sp³-hybridized carbons (Fsp3) is 0.391. The number of halogens is 2. The molecule has 1 N–H and O–H groups in total. The molecule has 0 unspecified atom stereocenters. The van der Waals surface area contributed by atoms with E-state index < -0.39 is 6.61 Å². The minimum atomic E-state index is -2.86. The van der Waals surface area contributed by atoms with E-state index in [0.29, 0.717) is 17.2 Å². The molecule has 4 rings (SSSR count). The van der Waals surface area contributed by atoms with Gasteiger partial charge in [-0.25, -0.2) is 5.43 Å². The maximum absolute atomic E-state index is 12.3. The van der Waals surface area contributed by atoms with Gasteiger partial charge in [0, 0.05) is 37.8 Å². The Kier molecular flexibility index (Phi) is 6.89. The Labute approximate surface area is 180 Å². The van der Waals surface area contributed by atoms with E-state index in [9.17, 15) is 13.6 Å². The lowest BCUT2D eigenvalue weighted by atomic mass is 10.1. The van der Waals surface area contributed by atoms with E-state index >= 15 is 0 Å². The number of hydrogen-bond donors (Lipinski definition) is 1. The van der Waals surface area contributed by atoms with Gasteiger partial charge in [0.05, 0.1) is 6.21 Å². The van der Waals surface area contributed by atoms with Crippen LogP contribution in [-0.4, -0.2) is 60.8 Å². The summed E-state index contributed by atoms with van der Waals surface area (Å²) in [6, 6.07) is 14.3. The number of hydrogen-bond acceptors (Lipinski definition) is 5. The summed E-state index contributed by atoms with van der Waals surface area (Å²) in [7, 11) is 0. The average Bonchev–Trinajstić information content (AvgIpc) is 3.23. The van der Waals surface area contributed by atoms with Gasteiger partial charge in [0.2, 0.25) is 0 Å². The average molecular weight is 428 g/mol. The highest BCUT2D eigenvalue weighted by Crippen LogP contribution is 2.22. The first-order valence-corrected chi connectivity index (χ1v) is 10.5. The topological polar surface area (TPSA) is 57.2 Å². The largest absolute Gasteiger partial charge is 0.435 e. The molecule has 0 aromatic heterocycles. The number of piperazine rings is 1. The molecule has 2 fully saturated rings. The molecule has 1 atom stereocenters.